The van der Waals surface area contributed by atoms with E-state index >= 15 is 0 Å². The van der Waals surface area contributed by atoms with Crippen molar-refractivity contribution in [2.75, 3.05) is 5.32 Å². The van der Waals surface area contributed by atoms with Crippen molar-refractivity contribution < 1.29 is 9.32 Å². The molecule has 0 aliphatic carbocycles. The van der Waals surface area contributed by atoms with Crippen molar-refractivity contribution in [2.24, 2.45) is 0 Å². The number of nitrogens with one attached hydrogen (secondary N) is 1. The molecule has 0 fully saturated rings. The van der Waals surface area contributed by atoms with Gasteiger partial charge in [-0.15, -0.1) is 0 Å². The number of anilines is 1. The highest BCUT2D eigenvalue weighted by Crippen LogP contribution is 2.19. The van der Waals surface area contributed by atoms with Gasteiger partial charge in [0, 0.05) is 17.1 Å². The molecule has 1 aromatic carbocycles. The molecule has 94 valence electrons. The smallest absolute Gasteiger partial charge is 0.261 e. The van der Waals surface area contributed by atoms with E-state index < -0.39 is 0 Å². The fraction of sp³-hybridized carbons (Fsp3) is 0.231. The van der Waals surface area contributed by atoms with Gasteiger partial charge in [0.25, 0.3) is 5.91 Å². The number of aromatic nitrogens is 1. The Kier molecular flexibility index (Phi) is 3.67. The molecule has 4 nitrogen and oxygen atoms in total. The standard InChI is InChI=1S/C13H13ClN2O2/c1-3-11-12(8(2)16-18-11)13(17)15-10-6-4-5-9(14)7-10/h4-7H,3H2,1-2H3,(H,15,17). The summed E-state index contributed by atoms with van der Waals surface area (Å²) in [5.74, 6) is 0.361. The number of rotatable bonds is 3. The van der Waals surface area contributed by atoms with Crippen LogP contribution in [0.3, 0.4) is 0 Å². The van der Waals surface area contributed by atoms with Crippen molar-refractivity contribution in [3.8, 4) is 0 Å². The molecule has 0 unspecified atom stereocenters. The summed E-state index contributed by atoms with van der Waals surface area (Å²) < 4.78 is 5.09. The minimum absolute atomic E-state index is 0.229. The van der Waals surface area contributed by atoms with E-state index in [1.54, 1.807) is 31.2 Å². The molecular weight excluding hydrogens is 252 g/mol. The lowest BCUT2D eigenvalue weighted by Gasteiger charge is -2.05. The van der Waals surface area contributed by atoms with Gasteiger partial charge < -0.3 is 9.84 Å². The highest BCUT2D eigenvalue weighted by atomic mass is 35.5. The summed E-state index contributed by atoms with van der Waals surface area (Å²) in [6.07, 6.45) is 0.624. The fourth-order valence-electron chi connectivity index (χ4n) is 1.71. The zero-order valence-corrected chi connectivity index (χ0v) is 10.9. The van der Waals surface area contributed by atoms with Gasteiger partial charge in [-0.05, 0) is 25.1 Å². The van der Waals surface area contributed by atoms with Gasteiger partial charge in [-0.25, -0.2) is 0 Å². The number of benzene rings is 1. The zero-order valence-electron chi connectivity index (χ0n) is 10.2. The van der Waals surface area contributed by atoms with E-state index in [2.05, 4.69) is 10.5 Å². The molecule has 0 saturated heterocycles. The SMILES string of the molecule is CCc1onc(C)c1C(=O)Nc1cccc(Cl)c1. The maximum Gasteiger partial charge on any atom is 0.261 e. The van der Waals surface area contributed by atoms with Crippen molar-refractivity contribution in [3.63, 3.8) is 0 Å². The van der Waals surface area contributed by atoms with Crippen molar-refractivity contribution >= 4 is 23.2 Å². The van der Waals surface area contributed by atoms with Crippen molar-refractivity contribution in [1.82, 2.24) is 5.16 Å². The summed E-state index contributed by atoms with van der Waals surface area (Å²) in [6, 6.07) is 6.99. The number of carbonyl (C=O) groups is 1. The van der Waals surface area contributed by atoms with Crippen LogP contribution in [0.4, 0.5) is 5.69 Å². The molecule has 0 aliphatic heterocycles. The highest BCUT2D eigenvalue weighted by molar-refractivity contribution is 6.31. The predicted octanol–water partition coefficient (Wildman–Crippen LogP) is 3.45. The lowest BCUT2D eigenvalue weighted by atomic mass is 10.1. The normalized spacial score (nSPS) is 10.4. The summed E-state index contributed by atoms with van der Waals surface area (Å²) in [5.41, 5.74) is 1.74. The Morgan fingerprint density at radius 3 is 2.94 bits per heavy atom. The second-order valence-electron chi connectivity index (χ2n) is 3.88. The Bertz CT molecular complexity index is 578. The summed E-state index contributed by atoms with van der Waals surface area (Å²) in [5, 5.41) is 7.16. The molecule has 0 spiro atoms. The summed E-state index contributed by atoms with van der Waals surface area (Å²) in [6.45, 7) is 3.66. The Balaban J connectivity index is 2.24. The van der Waals surface area contributed by atoms with Crippen LogP contribution in [-0.2, 0) is 6.42 Å². The van der Waals surface area contributed by atoms with E-state index in [1.165, 1.54) is 0 Å². The van der Waals surface area contributed by atoms with Crippen molar-refractivity contribution in [1.29, 1.82) is 0 Å². The van der Waals surface area contributed by atoms with E-state index in [9.17, 15) is 4.79 Å². The van der Waals surface area contributed by atoms with Gasteiger partial charge in [0.2, 0.25) is 0 Å². The maximum atomic E-state index is 12.1. The van der Waals surface area contributed by atoms with Crippen LogP contribution in [0.1, 0.15) is 28.7 Å². The number of aryl methyl sites for hydroxylation is 2. The van der Waals surface area contributed by atoms with Gasteiger partial charge in [-0.1, -0.05) is 29.7 Å². The molecule has 18 heavy (non-hydrogen) atoms. The van der Waals surface area contributed by atoms with Crippen molar-refractivity contribution in [2.45, 2.75) is 20.3 Å². The van der Waals surface area contributed by atoms with Gasteiger partial charge in [-0.2, -0.15) is 0 Å². The van der Waals surface area contributed by atoms with Gasteiger partial charge in [0.1, 0.15) is 11.3 Å². The average molecular weight is 265 g/mol. The van der Waals surface area contributed by atoms with E-state index in [0.29, 0.717) is 34.1 Å². The second-order valence-corrected chi connectivity index (χ2v) is 4.32. The van der Waals surface area contributed by atoms with Crippen LogP contribution in [0.2, 0.25) is 5.02 Å². The molecule has 0 bridgehead atoms. The van der Waals surface area contributed by atoms with Crippen LogP contribution in [0.5, 0.6) is 0 Å². The number of hydrogen-bond acceptors (Lipinski definition) is 3. The monoisotopic (exact) mass is 264 g/mol. The quantitative estimate of drug-likeness (QED) is 0.924. The fourth-order valence-corrected chi connectivity index (χ4v) is 1.90. The zero-order chi connectivity index (χ0) is 13.1. The molecule has 2 rings (SSSR count). The maximum absolute atomic E-state index is 12.1. The van der Waals surface area contributed by atoms with Crippen LogP contribution < -0.4 is 5.32 Å². The number of amides is 1. The summed E-state index contributed by atoms with van der Waals surface area (Å²) >= 11 is 5.86. The third kappa shape index (κ3) is 2.54. The average Bonchev–Trinajstić information content (AvgIpc) is 2.70. The molecule has 1 aromatic heterocycles. The van der Waals surface area contributed by atoms with Crippen LogP contribution in [-0.4, -0.2) is 11.1 Å². The third-order valence-corrected chi connectivity index (χ3v) is 2.80. The Hall–Kier alpha value is -1.81. The molecule has 1 N–H and O–H groups in total. The molecule has 0 aliphatic rings. The predicted molar refractivity (Wildman–Crippen MR) is 70.0 cm³/mol. The molecule has 1 amide bonds. The molecule has 5 heteroatoms. The van der Waals surface area contributed by atoms with Gasteiger partial charge in [-0.3, -0.25) is 4.79 Å². The first-order chi connectivity index (χ1) is 8.61. The number of hydrogen-bond donors (Lipinski definition) is 1. The van der Waals surface area contributed by atoms with Gasteiger partial charge >= 0.3 is 0 Å². The van der Waals surface area contributed by atoms with Crippen LogP contribution in [0.15, 0.2) is 28.8 Å². The molecule has 2 aromatic rings. The largest absolute Gasteiger partial charge is 0.360 e. The van der Waals surface area contributed by atoms with Crippen LogP contribution >= 0.6 is 11.6 Å². The molecule has 1 heterocycles. The third-order valence-electron chi connectivity index (χ3n) is 2.56. The van der Waals surface area contributed by atoms with Crippen molar-refractivity contribution in [3.05, 3.63) is 46.3 Å². The molecule has 0 radical (unpaired) electrons. The topological polar surface area (TPSA) is 55.1 Å². The number of nitrogens with zero attached hydrogens (tertiary/aromatic N) is 1. The summed E-state index contributed by atoms with van der Waals surface area (Å²) in [4.78, 5) is 12.1. The lowest BCUT2D eigenvalue weighted by molar-refractivity contribution is 0.102. The Morgan fingerprint density at radius 2 is 2.28 bits per heavy atom. The van der Waals surface area contributed by atoms with E-state index in [1.807, 2.05) is 6.92 Å². The molecule has 0 atom stereocenters. The number of halogens is 1. The van der Waals surface area contributed by atoms with E-state index in [4.69, 9.17) is 16.1 Å². The second kappa shape index (κ2) is 5.23. The van der Waals surface area contributed by atoms with E-state index in [0.717, 1.165) is 0 Å². The molecular formula is C13H13ClN2O2. The van der Waals surface area contributed by atoms with E-state index in [-0.39, 0.29) is 5.91 Å². The first-order valence-electron chi connectivity index (χ1n) is 5.64. The van der Waals surface area contributed by atoms with Gasteiger partial charge in [0.05, 0.1) is 5.69 Å². The molecule has 0 saturated carbocycles. The van der Waals surface area contributed by atoms with Crippen LogP contribution in [0, 0.1) is 6.92 Å². The number of carbonyl (C=O) groups excluding carboxylic acids is 1. The Labute approximate surface area is 110 Å². The highest BCUT2D eigenvalue weighted by Gasteiger charge is 2.19. The summed E-state index contributed by atoms with van der Waals surface area (Å²) in [7, 11) is 0. The Morgan fingerprint density at radius 1 is 1.50 bits per heavy atom. The lowest BCUT2D eigenvalue weighted by Crippen LogP contribution is -2.14. The van der Waals surface area contributed by atoms with Crippen LogP contribution in [0.25, 0.3) is 0 Å². The first-order valence-corrected chi connectivity index (χ1v) is 6.01. The first kappa shape index (κ1) is 12.6. The minimum Gasteiger partial charge on any atom is -0.360 e. The van der Waals surface area contributed by atoms with Gasteiger partial charge in [0.15, 0.2) is 0 Å². The minimum atomic E-state index is -0.229.